The SMILES string of the molecule is C=Cc1ccc(N=C(C=COc2ccccc2)Oc2ccccc2)cc1.Ic1ccc(N=C(C=COc2ccccc2)Oc2ccccc2)cc1. The lowest BCUT2D eigenvalue weighted by molar-refractivity contribution is 0.478. The Bertz CT molecular complexity index is 2030. The summed E-state index contributed by atoms with van der Waals surface area (Å²) in [6.07, 6.45) is 8.33. The van der Waals surface area contributed by atoms with Gasteiger partial charge < -0.3 is 18.9 Å². The van der Waals surface area contributed by atoms with E-state index >= 15 is 0 Å². The molecule has 0 aliphatic heterocycles. The van der Waals surface area contributed by atoms with Gasteiger partial charge in [-0.05, 0) is 113 Å². The highest BCUT2D eigenvalue weighted by Crippen LogP contribution is 2.19. The molecule has 0 unspecified atom stereocenters. The van der Waals surface area contributed by atoms with Gasteiger partial charge in [-0.25, -0.2) is 9.98 Å². The van der Waals surface area contributed by atoms with Gasteiger partial charge in [-0.2, -0.15) is 0 Å². The highest BCUT2D eigenvalue weighted by atomic mass is 127. The molecule has 0 N–H and O–H groups in total. The van der Waals surface area contributed by atoms with Crippen LogP contribution in [0, 0.1) is 3.57 Å². The second-order valence-electron chi connectivity index (χ2n) is 10.5. The molecule has 6 nitrogen and oxygen atoms in total. The molecule has 0 atom stereocenters. The van der Waals surface area contributed by atoms with Crippen LogP contribution in [0.25, 0.3) is 6.08 Å². The molecule has 0 saturated heterocycles. The van der Waals surface area contributed by atoms with E-state index in [1.165, 1.54) is 0 Å². The Morgan fingerprint density at radius 3 is 1.18 bits per heavy atom. The predicted molar refractivity (Wildman–Crippen MR) is 216 cm³/mol. The quantitative estimate of drug-likeness (QED) is 0.0568. The summed E-state index contributed by atoms with van der Waals surface area (Å²) in [4.78, 5) is 9.10. The van der Waals surface area contributed by atoms with Crippen LogP contribution in [0.2, 0.25) is 0 Å². The Labute approximate surface area is 312 Å². The van der Waals surface area contributed by atoms with E-state index in [2.05, 4.69) is 39.2 Å². The summed E-state index contributed by atoms with van der Waals surface area (Å²) in [6, 6.07) is 53.8. The van der Waals surface area contributed by atoms with Gasteiger partial charge in [0.15, 0.2) is 0 Å². The van der Waals surface area contributed by atoms with Gasteiger partial charge in [0.05, 0.1) is 23.9 Å². The molecule has 0 heterocycles. The molecule has 6 rings (SSSR count). The van der Waals surface area contributed by atoms with E-state index in [1.54, 1.807) is 30.8 Å². The minimum absolute atomic E-state index is 0.429. The first kappa shape index (κ1) is 36.1. The normalized spacial score (nSPS) is 11.4. The van der Waals surface area contributed by atoms with Gasteiger partial charge >= 0.3 is 0 Å². The lowest BCUT2D eigenvalue weighted by atomic mass is 10.2. The number of hydrogen-bond donors (Lipinski definition) is 0. The van der Waals surface area contributed by atoms with Crippen molar-refractivity contribution in [2.45, 2.75) is 0 Å². The van der Waals surface area contributed by atoms with E-state index < -0.39 is 0 Å². The van der Waals surface area contributed by atoms with Crippen LogP contribution in [0.4, 0.5) is 11.4 Å². The van der Waals surface area contributed by atoms with Crippen LogP contribution >= 0.6 is 22.6 Å². The smallest absolute Gasteiger partial charge is 0.222 e. The molecule has 0 amide bonds. The largest absolute Gasteiger partial charge is 0.465 e. The Balaban J connectivity index is 0.000000198. The number of aliphatic imine (C=N–C) groups is 2. The zero-order chi connectivity index (χ0) is 35.4. The van der Waals surface area contributed by atoms with Crippen molar-refractivity contribution in [3.8, 4) is 23.0 Å². The van der Waals surface area contributed by atoms with E-state index in [4.69, 9.17) is 18.9 Å². The first-order valence-electron chi connectivity index (χ1n) is 16.0. The zero-order valence-electron chi connectivity index (χ0n) is 27.7. The molecule has 0 fully saturated rings. The first-order chi connectivity index (χ1) is 25.1. The highest BCUT2D eigenvalue weighted by Gasteiger charge is 2.02. The third-order valence-corrected chi connectivity index (χ3v) is 7.40. The number of hydrogen-bond acceptors (Lipinski definition) is 6. The zero-order valence-corrected chi connectivity index (χ0v) is 29.8. The van der Waals surface area contributed by atoms with E-state index in [0.29, 0.717) is 17.5 Å². The predicted octanol–water partition coefficient (Wildman–Crippen LogP) is 12.0. The molecule has 0 aromatic heterocycles. The Morgan fingerprint density at radius 1 is 0.451 bits per heavy atom. The minimum atomic E-state index is 0.429. The maximum atomic E-state index is 5.88. The molecule has 0 radical (unpaired) electrons. The fourth-order valence-electron chi connectivity index (χ4n) is 4.20. The third-order valence-electron chi connectivity index (χ3n) is 6.68. The maximum Gasteiger partial charge on any atom is 0.222 e. The highest BCUT2D eigenvalue weighted by molar-refractivity contribution is 14.1. The standard InChI is InChI=1S/C23H19NO2.C21H16INO2/c1-2-19-13-15-20(16-14-19)24-23(26-22-11-7-4-8-12-22)17-18-25-21-9-5-3-6-10-21;22-17-11-13-18(14-12-17)23-21(25-20-9-5-2-6-10-20)15-16-24-19-7-3-1-4-8-19/h2-18H,1H2;1-16H. The van der Waals surface area contributed by atoms with Crippen LogP contribution in [-0.4, -0.2) is 11.8 Å². The number of rotatable bonds is 11. The summed E-state index contributed by atoms with van der Waals surface area (Å²) >= 11 is 2.26. The molecule has 0 aliphatic carbocycles. The van der Waals surface area contributed by atoms with Crippen molar-refractivity contribution in [1.82, 2.24) is 0 Å². The fraction of sp³-hybridized carbons (Fsp3) is 0. The summed E-state index contributed by atoms with van der Waals surface area (Å²) < 4.78 is 24.1. The Morgan fingerprint density at radius 2 is 0.804 bits per heavy atom. The van der Waals surface area contributed by atoms with Crippen LogP contribution in [-0.2, 0) is 0 Å². The van der Waals surface area contributed by atoms with Gasteiger partial charge in [-0.15, -0.1) is 0 Å². The molecular weight excluding hydrogens is 747 g/mol. The summed E-state index contributed by atoms with van der Waals surface area (Å²) in [5, 5.41) is 0. The van der Waals surface area contributed by atoms with E-state index in [0.717, 1.165) is 37.8 Å². The van der Waals surface area contributed by atoms with Crippen molar-refractivity contribution in [2.75, 3.05) is 0 Å². The van der Waals surface area contributed by atoms with Crippen LogP contribution in [0.1, 0.15) is 5.56 Å². The van der Waals surface area contributed by atoms with E-state index in [9.17, 15) is 0 Å². The van der Waals surface area contributed by atoms with Crippen LogP contribution < -0.4 is 18.9 Å². The lowest BCUT2D eigenvalue weighted by Gasteiger charge is -2.06. The number of nitrogens with zero attached hydrogens (tertiary/aromatic N) is 2. The van der Waals surface area contributed by atoms with Crippen molar-refractivity contribution in [3.05, 3.63) is 210 Å². The molecular formula is C44H35IN2O4. The average molecular weight is 783 g/mol. The monoisotopic (exact) mass is 782 g/mol. The Hall–Kier alpha value is -6.19. The first-order valence-corrected chi connectivity index (χ1v) is 17.1. The molecule has 0 bridgehead atoms. The number of halogens is 1. The summed E-state index contributed by atoms with van der Waals surface area (Å²) in [5.41, 5.74) is 2.64. The number of benzene rings is 6. The molecule has 0 saturated carbocycles. The van der Waals surface area contributed by atoms with Gasteiger partial charge in [0, 0.05) is 15.7 Å². The second-order valence-corrected chi connectivity index (χ2v) is 11.7. The van der Waals surface area contributed by atoms with Crippen molar-refractivity contribution >= 4 is 51.8 Å². The van der Waals surface area contributed by atoms with E-state index in [-0.39, 0.29) is 0 Å². The summed E-state index contributed by atoms with van der Waals surface area (Å²) in [7, 11) is 0. The minimum Gasteiger partial charge on any atom is -0.465 e. The Kier molecular flexibility index (Phi) is 14.4. The molecule has 6 aromatic rings. The molecule has 0 spiro atoms. The van der Waals surface area contributed by atoms with Gasteiger partial charge in [-0.3, -0.25) is 0 Å². The summed E-state index contributed by atoms with van der Waals surface area (Å²) in [6.45, 7) is 3.76. The summed E-state index contributed by atoms with van der Waals surface area (Å²) in [5.74, 6) is 3.81. The van der Waals surface area contributed by atoms with Gasteiger partial charge in [-0.1, -0.05) is 97.6 Å². The fourth-order valence-corrected chi connectivity index (χ4v) is 4.56. The topological polar surface area (TPSA) is 61.6 Å². The van der Waals surface area contributed by atoms with Crippen molar-refractivity contribution < 1.29 is 18.9 Å². The lowest BCUT2D eigenvalue weighted by Crippen LogP contribution is -2.05. The van der Waals surface area contributed by atoms with Crippen molar-refractivity contribution in [2.24, 2.45) is 9.98 Å². The maximum absolute atomic E-state index is 5.88. The molecule has 7 heteroatoms. The number of ether oxygens (including phenoxy) is 4. The molecule has 6 aromatic carbocycles. The second kappa shape index (κ2) is 20.4. The van der Waals surface area contributed by atoms with Crippen LogP contribution in [0.3, 0.4) is 0 Å². The third kappa shape index (κ3) is 13.3. The number of para-hydroxylation sites is 4. The molecule has 252 valence electrons. The molecule has 51 heavy (non-hydrogen) atoms. The van der Waals surface area contributed by atoms with Crippen molar-refractivity contribution in [3.63, 3.8) is 0 Å². The van der Waals surface area contributed by atoms with Gasteiger partial charge in [0.1, 0.15) is 23.0 Å². The van der Waals surface area contributed by atoms with Crippen LogP contribution in [0.15, 0.2) is 211 Å². The van der Waals surface area contributed by atoms with Gasteiger partial charge in [0.2, 0.25) is 11.8 Å². The van der Waals surface area contributed by atoms with Crippen molar-refractivity contribution in [1.29, 1.82) is 0 Å². The molecule has 0 aliphatic rings. The average Bonchev–Trinajstić information content (AvgIpc) is 3.18. The van der Waals surface area contributed by atoms with E-state index in [1.807, 2.05) is 170 Å². The van der Waals surface area contributed by atoms with Crippen LogP contribution in [0.5, 0.6) is 23.0 Å². The van der Waals surface area contributed by atoms with Gasteiger partial charge in [0.25, 0.3) is 0 Å².